The molecule has 6 nitrogen and oxygen atoms in total. The Balaban J connectivity index is 1.89. The van der Waals surface area contributed by atoms with Gasteiger partial charge in [-0.15, -0.1) is 0 Å². The molecule has 0 saturated carbocycles. The van der Waals surface area contributed by atoms with Gasteiger partial charge in [0.05, 0.1) is 5.54 Å². The molecule has 1 atom stereocenters. The van der Waals surface area contributed by atoms with Crippen LogP contribution in [0.3, 0.4) is 0 Å². The van der Waals surface area contributed by atoms with E-state index in [4.69, 9.17) is 4.74 Å². The van der Waals surface area contributed by atoms with E-state index in [-0.39, 0.29) is 12.5 Å². The zero-order valence-electron chi connectivity index (χ0n) is 12.3. The highest BCUT2D eigenvalue weighted by molar-refractivity contribution is 6.05. The summed E-state index contributed by atoms with van der Waals surface area (Å²) in [6.07, 6.45) is -0.673. The minimum atomic E-state index is -0.746. The molecule has 0 spiro atoms. The molecular formula is C15H18N2O4. The van der Waals surface area contributed by atoms with Gasteiger partial charge in [-0.2, -0.15) is 0 Å². The van der Waals surface area contributed by atoms with Gasteiger partial charge >= 0.3 is 6.09 Å². The van der Waals surface area contributed by atoms with Crippen LogP contribution in [0.1, 0.15) is 26.3 Å². The standard InChI is InChI=1S/C15H18N2O4/c1-10(18)17-13(19)12(15(17,2)3)16-14(20)21-9-11-7-5-4-6-8-11/h4-8,12H,9H2,1-3H3,(H,16,20)/t12-/m1/s1. The predicted octanol–water partition coefficient (Wildman–Crippen LogP) is 1.45. The maximum absolute atomic E-state index is 11.9. The van der Waals surface area contributed by atoms with Gasteiger partial charge in [-0.05, 0) is 19.4 Å². The molecule has 1 fully saturated rings. The van der Waals surface area contributed by atoms with Gasteiger partial charge in [0, 0.05) is 6.92 Å². The first-order valence-electron chi connectivity index (χ1n) is 6.66. The van der Waals surface area contributed by atoms with Crippen LogP contribution in [-0.2, 0) is 20.9 Å². The number of rotatable bonds is 3. The number of amides is 3. The SMILES string of the molecule is CC(=O)N1C(=O)[C@@H](NC(=O)OCc2ccccc2)C1(C)C. The van der Waals surface area contributed by atoms with E-state index in [1.54, 1.807) is 13.8 Å². The highest BCUT2D eigenvalue weighted by atomic mass is 16.5. The molecular weight excluding hydrogens is 272 g/mol. The third kappa shape index (κ3) is 2.89. The number of ether oxygens (including phenoxy) is 1. The Labute approximate surface area is 123 Å². The lowest BCUT2D eigenvalue weighted by molar-refractivity contribution is -0.168. The van der Waals surface area contributed by atoms with Gasteiger partial charge in [0.25, 0.3) is 5.91 Å². The van der Waals surface area contributed by atoms with Crippen LogP contribution < -0.4 is 5.32 Å². The molecule has 0 radical (unpaired) electrons. The molecule has 21 heavy (non-hydrogen) atoms. The highest BCUT2D eigenvalue weighted by Crippen LogP contribution is 2.31. The molecule has 0 unspecified atom stereocenters. The minimum absolute atomic E-state index is 0.129. The molecule has 1 aliphatic rings. The second-order valence-corrected chi connectivity index (χ2v) is 5.49. The fourth-order valence-corrected chi connectivity index (χ4v) is 2.46. The average Bonchev–Trinajstić information content (AvgIpc) is 2.43. The summed E-state index contributed by atoms with van der Waals surface area (Å²) in [7, 11) is 0. The first-order valence-corrected chi connectivity index (χ1v) is 6.66. The molecule has 0 bridgehead atoms. The monoisotopic (exact) mass is 290 g/mol. The van der Waals surface area contributed by atoms with Crippen molar-refractivity contribution >= 4 is 17.9 Å². The molecule has 2 rings (SSSR count). The number of nitrogens with zero attached hydrogens (tertiary/aromatic N) is 1. The number of benzene rings is 1. The summed E-state index contributed by atoms with van der Waals surface area (Å²) in [4.78, 5) is 36.1. The van der Waals surface area contributed by atoms with Gasteiger partial charge < -0.3 is 10.1 Å². The number of hydrogen-bond acceptors (Lipinski definition) is 4. The lowest BCUT2D eigenvalue weighted by Crippen LogP contribution is -2.77. The normalized spacial score (nSPS) is 19.7. The number of carbonyl (C=O) groups excluding carboxylic acids is 3. The summed E-state index contributed by atoms with van der Waals surface area (Å²) in [5.41, 5.74) is 0.117. The van der Waals surface area contributed by atoms with Crippen molar-refractivity contribution in [3.05, 3.63) is 35.9 Å². The van der Waals surface area contributed by atoms with E-state index in [0.717, 1.165) is 10.5 Å². The molecule has 1 N–H and O–H groups in total. The maximum Gasteiger partial charge on any atom is 0.408 e. The second kappa shape index (κ2) is 5.55. The van der Waals surface area contributed by atoms with E-state index in [2.05, 4.69) is 5.32 Å². The number of β-lactam (4-membered cyclic amide) rings is 1. The zero-order chi connectivity index (χ0) is 15.6. The van der Waals surface area contributed by atoms with Crippen LogP contribution in [0.25, 0.3) is 0 Å². The van der Waals surface area contributed by atoms with Gasteiger partial charge in [-0.3, -0.25) is 14.5 Å². The van der Waals surface area contributed by atoms with Crippen molar-refractivity contribution in [1.82, 2.24) is 10.2 Å². The Morgan fingerprint density at radius 3 is 2.43 bits per heavy atom. The highest BCUT2D eigenvalue weighted by Gasteiger charge is 2.56. The Bertz CT molecular complexity index is 568. The van der Waals surface area contributed by atoms with E-state index in [9.17, 15) is 14.4 Å². The van der Waals surface area contributed by atoms with Crippen molar-refractivity contribution in [3.63, 3.8) is 0 Å². The molecule has 1 heterocycles. The molecule has 112 valence electrons. The topological polar surface area (TPSA) is 75.7 Å². The largest absolute Gasteiger partial charge is 0.445 e. The molecule has 6 heteroatoms. The summed E-state index contributed by atoms with van der Waals surface area (Å²) in [5, 5.41) is 2.51. The summed E-state index contributed by atoms with van der Waals surface area (Å²) in [6, 6.07) is 8.49. The van der Waals surface area contributed by atoms with Gasteiger partial charge in [0.15, 0.2) is 0 Å². The molecule has 0 aromatic heterocycles. The third-order valence-corrected chi connectivity index (χ3v) is 3.54. The van der Waals surface area contributed by atoms with E-state index < -0.39 is 23.6 Å². The van der Waals surface area contributed by atoms with E-state index in [1.165, 1.54) is 6.92 Å². The Morgan fingerprint density at radius 2 is 1.90 bits per heavy atom. The van der Waals surface area contributed by atoms with Crippen LogP contribution in [0.15, 0.2) is 30.3 Å². The van der Waals surface area contributed by atoms with Crippen LogP contribution in [0, 0.1) is 0 Å². The van der Waals surface area contributed by atoms with Crippen molar-refractivity contribution in [2.24, 2.45) is 0 Å². The Morgan fingerprint density at radius 1 is 1.29 bits per heavy atom. The quantitative estimate of drug-likeness (QED) is 0.855. The maximum atomic E-state index is 11.9. The van der Waals surface area contributed by atoms with Crippen molar-refractivity contribution in [2.45, 2.75) is 39.0 Å². The zero-order valence-corrected chi connectivity index (χ0v) is 12.3. The van der Waals surface area contributed by atoms with Crippen molar-refractivity contribution < 1.29 is 19.1 Å². The van der Waals surface area contributed by atoms with Crippen LogP contribution in [0.2, 0.25) is 0 Å². The summed E-state index contributed by atoms with van der Waals surface area (Å²) < 4.78 is 5.07. The van der Waals surface area contributed by atoms with Gasteiger partial charge in [-0.1, -0.05) is 30.3 Å². The lowest BCUT2D eigenvalue weighted by Gasteiger charge is -2.51. The second-order valence-electron chi connectivity index (χ2n) is 5.49. The number of carbonyl (C=O) groups is 3. The third-order valence-electron chi connectivity index (χ3n) is 3.54. The van der Waals surface area contributed by atoms with Gasteiger partial charge in [-0.25, -0.2) is 4.79 Å². The summed E-state index contributed by atoms with van der Waals surface area (Å²) in [6.45, 7) is 4.89. The predicted molar refractivity (Wildman–Crippen MR) is 75.2 cm³/mol. The van der Waals surface area contributed by atoms with E-state index in [0.29, 0.717) is 0 Å². The summed E-state index contributed by atoms with van der Waals surface area (Å²) >= 11 is 0. The van der Waals surface area contributed by atoms with Crippen molar-refractivity contribution in [2.75, 3.05) is 0 Å². The van der Waals surface area contributed by atoms with Crippen LogP contribution in [-0.4, -0.2) is 34.4 Å². The van der Waals surface area contributed by atoms with E-state index >= 15 is 0 Å². The molecule has 1 aromatic carbocycles. The minimum Gasteiger partial charge on any atom is -0.445 e. The fourth-order valence-electron chi connectivity index (χ4n) is 2.46. The number of alkyl carbamates (subject to hydrolysis) is 1. The number of nitrogens with one attached hydrogen (secondary N) is 1. The van der Waals surface area contributed by atoms with Crippen molar-refractivity contribution in [3.8, 4) is 0 Å². The lowest BCUT2D eigenvalue weighted by atomic mass is 9.82. The van der Waals surface area contributed by atoms with Crippen LogP contribution in [0.5, 0.6) is 0 Å². The molecule has 3 amide bonds. The van der Waals surface area contributed by atoms with Crippen molar-refractivity contribution in [1.29, 1.82) is 0 Å². The summed E-state index contributed by atoms with van der Waals surface area (Å²) in [5.74, 6) is -0.745. The first kappa shape index (κ1) is 15.0. The molecule has 1 aromatic rings. The van der Waals surface area contributed by atoms with E-state index in [1.807, 2.05) is 30.3 Å². The van der Waals surface area contributed by atoms with Gasteiger partial charge in [0.1, 0.15) is 12.6 Å². The van der Waals surface area contributed by atoms with Gasteiger partial charge in [0.2, 0.25) is 5.91 Å². The Hall–Kier alpha value is -2.37. The van der Waals surface area contributed by atoms with Crippen LogP contribution in [0.4, 0.5) is 4.79 Å². The fraction of sp³-hybridized carbons (Fsp3) is 0.400. The molecule has 1 aliphatic heterocycles. The van der Waals surface area contributed by atoms with Crippen LogP contribution >= 0.6 is 0 Å². The number of likely N-dealkylation sites (tertiary alicyclic amines) is 1. The Kier molecular flexibility index (Phi) is 3.97. The number of hydrogen-bond donors (Lipinski definition) is 1. The average molecular weight is 290 g/mol. The molecule has 1 saturated heterocycles. The molecule has 0 aliphatic carbocycles. The first-order chi connectivity index (χ1) is 9.84. The smallest absolute Gasteiger partial charge is 0.408 e. The number of imide groups is 1.